The van der Waals surface area contributed by atoms with Crippen molar-refractivity contribution in [3.63, 3.8) is 0 Å². The normalized spacial score (nSPS) is 14.6. The molecule has 6 heteroatoms. The second-order valence-electron chi connectivity index (χ2n) is 6.42. The summed E-state index contributed by atoms with van der Waals surface area (Å²) in [6.07, 6.45) is 0.277. The highest BCUT2D eigenvalue weighted by atomic mass is 19.1. The van der Waals surface area contributed by atoms with E-state index in [1.54, 1.807) is 37.3 Å². The molecular formula is C19H22F2N2O2. The van der Waals surface area contributed by atoms with Gasteiger partial charge in [-0.15, -0.1) is 0 Å². The number of nitrogens with two attached hydrogens (primary N) is 1. The van der Waals surface area contributed by atoms with Gasteiger partial charge in [-0.2, -0.15) is 0 Å². The summed E-state index contributed by atoms with van der Waals surface area (Å²) in [5.41, 5.74) is 5.82. The van der Waals surface area contributed by atoms with Crippen molar-refractivity contribution in [1.29, 1.82) is 0 Å². The molecule has 0 aliphatic carbocycles. The zero-order valence-electron chi connectivity index (χ0n) is 14.0. The Hall–Kier alpha value is -2.31. The van der Waals surface area contributed by atoms with Crippen molar-refractivity contribution in [3.05, 3.63) is 71.3 Å². The number of carbonyl (C=O) groups excluding carboxylic acids is 1. The summed E-state index contributed by atoms with van der Waals surface area (Å²) in [5, 5.41) is 12.3. The molecule has 2 unspecified atom stereocenters. The van der Waals surface area contributed by atoms with E-state index in [1.165, 1.54) is 18.2 Å². The molecule has 0 bridgehead atoms. The monoisotopic (exact) mass is 348 g/mol. The lowest BCUT2D eigenvalue weighted by molar-refractivity contribution is -0.124. The van der Waals surface area contributed by atoms with Crippen LogP contribution in [0, 0.1) is 11.6 Å². The fourth-order valence-electron chi connectivity index (χ4n) is 2.60. The predicted molar refractivity (Wildman–Crippen MR) is 91.8 cm³/mol. The van der Waals surface area contributed by atoms with Gasteiger partial charge in [0.2, 0.25) is 5.91 Å². The number of aliphatic hydroxyl groups excluding tert-OH is 1. The average Bonchev–Trinajstić information content (AvgIpc) is 2.57. The fourth-order valence-corrected chi connectivity index (χ4v) is 2.60. The highest BCUT2D eigenvalue weighted by Crippen LogP contribution is 2.16. The Bertz CT molecular complexity index is 739. The number of rotatable bonds is 7. The molecule has 0 radical (unpaired) electrons. The van der Waals surface area contributed by atoms with Crippen LogP contribution in [0.2, 0.25) is 0 Å². The van der Waals surface area contributed by atoms with E-state index < -0.39 is 29.1 Å². The minimum absolute atomic E-state index is 0.120. The van der Waals surface area contributed by atoms with Crippen molar-refractivity contribution in [2.24, 2.45) is 5.73 Å². The quantitative estimate of drug-likeness (QED) is 0.716. The first-order valence-electron chi connectivity index (χ1n) is 7.99. The number of nitrogens with one attached hydrogen (secondary N) is 1. The average molecular weight is 348 g/mol. The van der Waals surface area contributed by atoms with Crippen LogP contribution in [0.25, 0.3) is 0 Å². The summed E-state index contributed by atoms with van der Waals surface area (Å²) in [5.74, 6) is -1.29. The van der Waals surface area contributed by atoms with Gasteiger partial charge in [0.05, 0.1) is 18.2 Å². The third kappa shape index (κ3) is 5.34. The standard InChI is InChI=1S/C19H22F2N2O2/c1-19(12-24,11-14-6-2-3-8-16(14)21)23-18(25)17(22)10-13-5-4-7-15(20)9-13/h2-9,17,24H,10-12,22H2,1H3,(H,23,25). The molecule has 4 N–H and O–H groups in total. The summed E-state index contributed by atoms with van der Waals surface area (Å²) < 4.78 is 27.0. The molecule has 2 aromatic carbocycles. The zero-order chi connectivity index (χ0) is 18.4. The second-order valence-corrected chi connectivity index (χ2v) is 6.42. The van der Waals surface area contributed by atoms with Crippen LogP contribution in [0.4, 0.5) is 8.78 Å². The van der Waals surface area contributed by atoms with Crippen LogP contribution in [0.1, 0.15) is 18.1 Å². The summed E-state index contributed by atoms with van der Waals surface area (Å²) in [6, 6.07) is 11.1. The Morgan fingerprint density at radius 2 is 1.96 bits per heavy atom. The number of aliphatic hydroxyl groups is 1. The summed E-state index contributed by atoms with van der Waals surface area (Å²) in [7, 11) is 0. The first-order chi connectivity index (χ1) is 11.8. The number of halogens is 2. The third-order valence-electron chi connectivity index (χ3n) is 3.99. The molecule has 0 saturated carbocycles. The predicted octanol–water partition coefficient (Wildman–Crippen LogP) is 1.94. The lowest BCUT2D eigenvalue weighted by Gasteiger charge is -2.30. The lowest BCUT2D eigenvalue weighted by Crippen LogP contribution is -2.55. The SMILES string of the molecule is CC(CO)(Cc1ccccc1F)NC(=O)C(N)Cc1cccc(F)c1. The van der Waals surface area contributed by atoms with Gasteiger partial charge < -0.3 is 16.2 Å². The largest absolute Gasteiger partial charge is 0.394 e. The van der Waals surface area contributed by atoms with Gasteiger partial charge in [-0.1, -0.05) is 30.3 Å². The van der Waals surface area contributed by atoms with E-state index in [9.17, 15) is 18.7 Å². The molecule has 0 aliphatic heterocycles. The van der Waals surface area contributed by atoms with E-state index in [0.717, 1.165) is 0 Å². The minimum atomic E-state index is -1.06. The van der Waals surface area contributed by atoms with E-state index >= 15 is 0 Å². The summed E-state index contributed by atoms with van der Waals surface area (Å²) in [6.45, 7) is 1.24. The Morgan fingerprint density at radius 1 is 1.24 bits per heavy atom. The maximum absolute atomic E-state index is 13.8. The van der Waals surface area contributed by atoms with Gasteiger partial charge in [0.1, 0.15) is 11.6 Å². The Morgan fingerprint density at radius 3 is 2.60 bits per heavy atom. The Kier molecular flexibility index (Phi) is 6.22. The number of benzene rings is 2. The van der Waals surface area contributed by atoms with Gasteiger partial charge in [0, 0.05) is 6.42 Å². The van der Waals surface area contributed by atoms with Crippen LogP contribution in [0.3, 0.4) is 0 Å². The van der Waals surface area contributed by atoms with E-state index in [2.05, 4.69) is 5.32 Å². The highest BCUT2D eigenvalue weighted by Gasteiger charge is 2.29. The molecule has 2 rings (SSSR count). The van der Waals surface area contributed by atoms with Crippen LogP contribution in [0.15, 0.2) is 48.5 Å². The highest BCUT2D eigenvalue weighted by molar-refractivity contribution is 5.82. The van der Waals surface area contributed by atoms with Crippen LogP contribution >= 0.6 is 0 Å². The van der Waals surface area contributed by atoms with Gasteiger partial charge in [-0.3, -0.25) is 4.79 Å². The Labute approximate surface area is 145 Å². The maximum atomic E-state index is 13.8. The van der Waals surface area contributed by atoms with E-state index in [-0.39, 0.29) is 19.4 Å². The lowest BCUT2D eigenvalue weighted by atomic mass is 9.92. The maximum Gasteiger partial charge on any atom is 0.237 e. The molecule has 1 amide bonds. The minimum Gasteiger partial charge on any atom is -0.394 e. The second kappa shape index (κ2) is 8.18. The van der Waals surface area contributed by atoms with Gasteiger partial charge in [-0.25, -0.2) is 8.78 Å². The van der Waals surface area contributed by atoms with Crippen LogP contribution < -0.4 is 11.1 Å². The molecule has 2 atom stereocenters. The van der Waals surface area contributed by atoms with E-state index in [0.29, 0.717) is 11.1 Å². The molecule has 134 valence electrons. The van der Waals surface area contributed by atoms with Gasteiger partial charge >= 0.3 is 0 Å². The molecule has 0 heterocycles. The van der Waals surface area contributed by atoms with Crippen LogP contribution in [-0.4, -0.2) is 29.2 Å². The van der Waals surface area contributed by atoms with Gasteiger partial charge in [0.15, 0.2) is 0 Å². The van der Waals surface area contributed by atoms with Gasteiger partial charge in [0.25, 0.3) is 0 Å². The van der Waals surface area contributed by atoms with Crippen molar-refractivity contribution in [1.82, 2.24) is 5.32 Å². The topological polar surface area (TPSA) is 75.3 Å². The first kappa shape index (κ1) is 19.0. The summed E-state index contributed by atoms with van der Waals surface area (Å²) in [4.78, 5) is 12.3. The molecule has 2 aromatic rings. The number of hydrogen-bond donors (Lipinski definition) is 3. The molecule has 0 saturated heterocycles. The van der Waals surface area contributed by atoms with Gasteiger partial charge in [-0.05, 0) is 42.7 Å². The molecule has 0 fully saturated rings. The van der Waals surface area contributed by atoms with Crippen molar-refractivity contribution in [2.75, 3.05) is 6.61 Å². The first-order valence-corrected chi connectivity index (χ1v) is 7.99. The zero-order valence-corrected chi connectivity index (χ0v) is 14.0. The molecule has 4 nitrogen and oxygen atoms in total. The number of amides is 1. The van der Waals surface area contributed by atoms with Crippen molar-refractivity contribution in [2.45, 2.75) is 31.3 Å². The Balaban J connectivity index is 2.04. The van der Waals surface area contributed by atoms with E-state index in [1.807, 2.05) is 0 Å². The van der Waals surface area contributed by atoms with Crippen molar-refractivity contribution < 1.29 is 18.7 Å². The smallest absolute Gasteiger partial charge is 0.237 e. The van der Waals surface area contributed by atoms with E-state index in [4.69, 9.17) is 5.73 Å². The molecule has 0 spiro atoms. The molecule has 25 heavy (non-hydrogen) atoms. The number of carbonyl (C=O) groups is 1. The molecular weight excluding hydrogens is 326 g/mol. The fraction of sp³-hybridized carbons (Fsp3) is 0.316. The van der Waals surface area contributed by atoms with Crippen LogP contribution in [-0.2, 0) is 17.6 Å². The molecule has 0 aliphatic rings. The van der Waals surface area contributed by atoms with Crippen molar-refractivity contribution in [3.8, 4) is 0 Å². The van der Waals surface area contributed by atoms with Crippen LogP contribution in [0.5, 0.6) is 0 Å². The van der Waals surface area contributed by atoms with Crippen molar-refractivity contribution >= 4 is 5.91 Å². The summed E-state index contributed by atoms with van der Waals surface area (Å²) >= 11 is 0. The third-order valence-corrected chi connectivity index (χ3v) is 3.99. The molecule has 0 aromatic heterocycles. The number of hydrogen-bond acceptors (Lipinski definition) is 3.